The van der Waals surface area contributed by atoms with Gasteiger partial charge in [-0.15, -0.1) is 0 Å². The van der Waals surface area contributed by atoms with Crippen molar-refractivity contribution in [3.63, 3.8) is 0 Å². The predicted molar refractivity (Wildman–Crippen MR) is 97.9 cm³/mol. The molecule has 1 saturated carbocycles. The molecule has 134 valence electrons. The van der Waals surface area contributed by atoms with Crippen molar-refractivity contribution in [3.05, 3.63) is 48.5 Å². The molecule has 7 heteroatoms. The van der Waals surface area contributed by atoms with Crippen LogP contribution in [0.5, 0.6) is 0 Å². The molecular weight excluding hydrogens is 328 g/mol. The van der Waals surface area contributed by atoms with Crippen LogP contribution in [0.3, 0.4) is 0 Å². The summed E-state index contributed by atoms with van der Waals surface area (Å²) in [6.07, 6.45) is 8.86. The summed E-state index contributed by atoms with van der Waals surface area (Å²) in [6, 6.07) is 8.02. The minimum absolute atomic E-state index is 0.127. The molecule has 3 aromatic heterocycles. The maximum atomic E-state index is 12.6. The molecule has 7 nitrogen and oxygen atoms in total. The Bertz CT molecular complexity index is 917. The Balaban J connectivity index is 1.24. The number of hydrogen-bond acceptors (Lipinski definition) is 4. The Morgan fingerprint density at radius 1 is 1.19 bits per heavy atom. The van der Waals surface area contributed by atoms with E-state index >= 15 is 0 Å². The first-order valence-corrected chi connectivity index (χ1v) is 9.26. The van der Waals surface area contributed by atoms with Gasteiger partial charge in [0.2, 0.25) is 0 Å². The molecule has 1 aliphatic carbocycles. The minimum atomic E-state index is 0.127. The van der Waals surface area contributed by atoms with Gasteiger partial charge in [0, 0.05) is 37.6 Å². The van der Waals surface area contributed by atoms with Crippen molar-refractivity contribution in [1.82, 2.24) is 24.5 Å². The zero-order chi connectivity index (χ0) is 17.5. The quantitative estimate of drug-likeness (QED) is 0.760. The fourth-order valence-electron chi connectivity index (χ4n) is 4.46. The number of H-pyrrole nitrogens is 1. The molecule has 26 heavy (non-hydrogen) atoms. The molecular formula is C19H22N6O. The molecule has 0 bridgehead atoms. The fourth-order valence-corrected chi connectivity index (χ4v) is 4.46. The maximum absolute atomic E-state index is 12.6. The van der Waals surface area contributed by atoms with Crippen LogP contribution in [-0.4, -0.2) is 49.5 Å². The lowest BCUT2D eigenvalue weighted by Gasteiger charge is -2.31. The summed E-state index contributed by atoms with van der Waals surface area (Å²) in [6.45, 7) is 1.74. The van der Waals surface area contributed by atoms with Gasteiger partial charge in [-0.3, -0.25) is 4.79 Å². The van der Waals surface area contributed by atoms with E-state index in [1.165, 1.54) is 0 Å². The highest BCUT2D eigenvalue weighted by molar-refractivity contribution is 5.92. The Labute approximate surface area is 151 Å². The first-order chi connectivity index (χ1) is 12.8. The highest BCUT2D eigenvalue weighted by Crippen LogP contribution is 2.37. The molecule has 0 spiro atoms. The molecule has 1 saturated heterocycles. The molecule has 3 aromatic rings. The third-order valence-electron chi connectivity index (χ3n) is 5.78. The van der Waals surface area contributed by atoms with Gasteiger partial charge in [-0.2, -0.15) is 5.10 Å². The normalized spacial score (nSPS) is 25.4. The van der Waals surface area contributed by atoms with Gasteiger partial charge in [0.1, 0.15) is 11.5 Å². The second kappa shape index (κ2) is 6.16. The van der Waals surface area contributed by atoms with E-state index in [1.807, 2.05) is 35.4 Å². The number of rotatable bonds is 3. The summed E-state index contributed by atoms with van der Waals surface area (Å²) in [5.41, 5.74) is 1.55. The van der Waals surface area contributed by atoms with E-state index < -0.39 is 0 Å². The average Bonchev–Trinajstić information content (AvgIpc) is 3.40. The van der Waals surface area contributed by atoms with Gasteiger partial charge < -0.3 is 15.2 Å². The number of hydrogen-bond donors (Lipinski definition) is 2. The molecule has 1 amide bonds. The van der Waals surface area contributed by atoms with Gasteiger partial charge in [-0.1, -0.05) is 0 Å². The highest BCUT2D eigenvalue weighted by Gasteiger charge is 2.39. The smallest absolute Gasteiger partial charge is 0.270 e. The van der Waals surface area contributed by atoms with Crippen molar-refractivity contribution in [1.29, 1.82) is 0 Å². The number of aromatic amines is 1. The van der Waals surface area contributed by atoms with Gasteiger partial charge in [0.05, 0.1) is 6.20 Å². The number of amides is 1. The highest BCUT2D eigenvalue weighted by atomic mass is 16.2. The van der Waals surface area contributed by atoms with Gasteiger partial charge in [-0.25, -0.2) is 9.50 Å². The topological polar surface area (TPSA) is 78.3 Å². The molecule has 2 aliphatic rings. The van der Waals surface area contributed by atoms with Gasteiger partial charge in [0.25, 0.3) is 5.91 Å². The first-order valence-electron chi connectivity index (χ1n) is 9.26. The van der Waals surface area contributed by atoms with E-state index in [1.54, 1.807) is 16.9 Å². The van der Waals surface area contributed by atoms with E-state index in [0.29, 0.717) is 23.6 Å². The minimum Gasteiger partial charge on any atom is -0.367 e. The molecule has 0 aromatic carbocycles. The predicted octanol–water partition coefficient (Wildman–Crippen LogP) is 2.41. The molecule has 5 rings (SSSR count). The molecule has 3 unspecified atom stereocenters. The number of carbonyl (C=O) groups is 1. The lowest BCUT2D eigenvalue weighted by molar-refractivity contribution is 0.0779. The Kier molecular flexibility index (Phi) is 3.65. The van der Waals surface area contributed by atoms with Crippen LogP contribution in [0.2, 0.25) is 0 Å². The van der Waals surface area contributed by atoms with Crippen molar-refractivity contribution in [2.45, 2.75) is 25.3 Å². The van der Waals surface area contributed by atoms with Crippen LogP contribution in [0.4, 0.5) is 5.82 Å². The van der Waals surface area contributed by atoms with Crippen molar-refractivity contribution < 1.29 is 4.79 Å². The van der Waals surface area contributed by atoms with Crippen LogP contribution in [0.1, 0.15) is 29.8 Å². The maximum Gasteiger partial charge on any atom is 0.270 e. The van der Waals surface area contributed by atoms with Crippen LogP contribution in [0.25, 0.3) is 5.65 Å². The summed E-state index contributed by atoms with van der Waals surface area (Å²) >= 11 is 0. The summed E-state index contributed by atoms with van der Waals surface area (Å²) in [4.78, 5) is 22.2. The number of anilines is 1. The zero-order valence-corrected chi connectivity index (χ0v) is 14.5. The Hall–Kier alpha value is -2.83. The van der Waals surface area contributed by atoms with Crippen LogP contribution < -0.4 is 5.32 Å². The summed E-state index contributed by atoms with van der Waals surface area (Å²) in [5, 5.41) is 7.77. The van der Waals surface area contributed by atoms with Gasteiger partial charge in [-0.05, 0) is 49.3 Å². The third-order valence-corrected chi connectivity index (χ3v) is 5.78. The van der Waals surface area contributed by atoms with Crippen molar-refractivity contribution in [2.75, 3.05) is 18.4 Å². The van der Waals surface area contributed by atoms with Crippen molar-refractivity contribution >= 4 is 17.4 Å². The van der Waals surface area contributed by atoms with Crippen LogP contribution >= 0.6 is 0 Å². The van der Waals surface area contributed by atoms with Crippen LogP contribution in [-0.2, 0) is 0 Å². The van der Waals surface area contributed by atoms with Gasteiger partial charge in [0.15, 0.2) is 5.65 Å². The third kappa shape index (κ3) is 2.73. The molecule has 0 radical (unpaired) electrons. The zero-order valence-electron chi connectivity index (χ0n) is 14.5. The average molecular weight is 350 g/mol. The molecule has 4 heterocycles. The SMILES string of the molecule is O=C(c1ccc[nH]1)N1CC2CCC(Nc3ccn4nccc4n3)CC2C1. The second-order valence-corrected chi connectivity index (χ2v) is 7.42. The lowest BCUT2D eigenvalue weighted by Crippen LogP contribution is -2.32. The molecule has 2 N–H and O–H groups in total. The van der Waals surface area contributed by atoms with Gasteiger partial charge >= 0.3 is 0 Å². The number of likely N-dealkylation sites (tertiary alicyclic amines) is 1. The van der Waals surface area contributed by atoms with Crippen LogP contribution in [0.15, 0.2) is 42.9 Å². The molecule has 1 aliphatic heterocycles. The largest absolute Gasteiger partial charge is 0.367 e. The van der Waals surface area contributed by atoms with E-state index in [-0.39, 0.29) is 5.91 Å². The number of nitrogens with zero attached hydrogens (tertiary/aromatic N) is 4. The first kappa shape index (κ1) is 15.4. The van der Waals surface area contributed by atoms with Crippen molar-refractivity contribution in [2.24, 2.45) is 11.8 Å². The monoisotopic (exact) mass is 350 g/mol. The number of nitrogens with one attached hydrogen (secondary N) is 2. The summed E-state index contributed by atoms with van der Waals surface area (Å²) in [7, 11) is 0. The summed E-state index contributed by atoms with van der Waals surface area (Å²) < 4.78 is 1.77. The standard InChI is InChI=1S/C19H22N6O/c26-19(16-2-1-7-20-16)24-11-13-3-4-15(10-14(13)12-24)22-17-6-9-25-18(23-17)5-8-21-25/h1-2,5-9,13-15,20H,3-4,10-12H2,(H,22,23). The van der Waals surface area contributed by atoms with E-state index in [4.69, 9.17) is 0 Å². The number of aromatic nitrogens is 4. The number of carbonyl (C=O) groups excluding carboxylic acids is 1. The molecule has 3 atom stereocenters. The van der Waals surface area contributed by atoms with E-state index in [0.717, 1.165) is 43.8 Å². The van der Waals surface area contributed by atoms with Crippen LogP contribution in [0, 0.1) is 11.8 Å². The molecule has 2 fully saturated rings. The van der Waals surface area contributed by atoms with E-state index in [9.17, 15) is 4.79 Å². The Morgan fingerprint density at radius 3 is 3.00 bits per heavy atom. The lowest BCUT2D eigenvalue weighted by atomic mass is 9.79. The number of fused-ring (bicyclic) bond motifs is 2. The Morgan fingerprint density at radius 2 is 2.12 bits per heavy atom. The fraction of sp³-hybridized carbons (Fsp3) is 0.421. The van der Waals surface area contributed by atoms with E-state index in [2.05, 4.69) is 20.4 Å². The summed E-state index contributed by atoms with van der Waals surface area (Å²) in [5.74, 6) is 2.22. The van der Waals surface area contributed by atoms with Crippen molar-refractivity contribution in [3.8, 4) is 0 Å². The second-order valence-electron chi connectivity index (χ2n) is 7.42.